The van der Waals surface area contributed by atoms with Gasteiger partial charge in [0.15, 0.2) is 0 Å². The minimum Gasteiger partial charge on any atom is -0.337 e. The van der Waals surface area contributed by atoms with Crippen molar-refractivity contribution in [2.45, 2.75) is 25.7 Å². The van der Waals surface area contributed by atoms with Crippen LogP contribution in [0.15, 0.2) is 35.2 Å². The van der Waals surface area contributed by atoms with Crippen LogP contribution in [0.5, 0.6) is 0 Å². The average molecular weight is 318 g/mol. The number of hydrogen-bond acceptors (Lipinski definition) is 3. The lowest BCUT2D eigenvalue weighted by Gasteiger charge is -2.32. The summed E-state index contributed by atoms with van der Waals surface area (Å²) in [5.41, 5.74) is 3.28. The van der Waals surface area contributed by atoms with E-state index in [9.17, 15) is 9.18 Å². The van der Waals surface area contributed by atoms with Gasteiger partial charge in [0.1, 0.15) is 11.5 Å². The number of likely N-dealkylation sites (tertiary alicyclic amines) is 1. The van der Waals surface area contributed by atoms with Gasteiger partial charge < -0.3 is 4.90 Å². The van der Waals surface area contributed by atoms with E-state index in [2.05, 4.69) is 4.98 Å². The number of aryl methyl sites for hydroxylation is 1. The molecule has 3 nitrogen and oxygen atoms in total. The lowest BCUT2D eigenvalue weighted by molar-refractivity contribution is 0.0663. The van der Waals surface area contributed by atoms with Crippen LogP contribution in [0, 0.1) is 11.7 Å². The summed E-state index contributed by atoms with van der Waals surface area (Å²) in [4.78, 5) is 18.4. The molecule has 1 aliphatic rings. The third-order valence-corrected chi connectivity index (χ3v) is 4.77. The Morgan fingerprint density at radius 3 is 3.14 bits per heavy atom. The first kappa shape index (κ1) is 15.2. The minimum atomic E-state index is -0.179. The first-order chi connectivity index (χ1) is 10.7. The van der Waals surface area contributed by atoms with Crippen molar-refractivity contribution in [2.24, 2.45) is 5.92 Å². The highest BCUT2D eigenvalue weighted by atomic mass is 32.1. The van der Waals surface area contributed by atoms with Crippen LogP contribution in [0.4, 0.5) is 4.39 Å². The molecule has 1 aliphatic heterocycles. The van der Waals surface area contributed by atoms with E-state index in [1.807, 2.05) is 11.0 Å². The van der Waals surface area contributed by atoms with Crippen LogP contribution < -0.4 is 0 Å². The molecule has 0 N–H and O–H groups in total. The van der Waals surface area contributed by atoms with Gasteiger partial charge in [-0.1, -0.05) is 12.1 Å². The van der Waals surface area contributed by atoms with Crippen LogP contribution >= 0.6 is 11.3 Å². The highest BCUT2D eigenvalue weighted by Crippen LogP contribution is 2.23. The number of halogens is 1. The lowest BCUT2D eigenvalue weighted by atomic mass is 9.91. The number of hydrogen-bond donors (Lipinski definition) is 0. The molecule has 0 radical (unpaired) electrons. The molecule has 0 bridgehead atoms. The Morgan fingerprint density at radius 2 is 2.36 bits per heavy atom. The second kappa shape index (κ2) is 7.01. The second-order valence-corrected chi connectivity index (χ2v) is 6.52. The molecule has 1 fully saturated rings. The fraction of sp³-hybridized carbons (Fsp3) is 0.412. The normalized spacial score (nSPS) is 18.4. The summed E-state index contributed by atoms with van der Waals surface area (Å²) in [5, 5.41) is 1.80. The van der Waals surface area contributed by atoms with Gasteiger partial charge in [-0.2, -0.15) is 0 Å². The van der Waals surface area contributed by atoms with Crippen LogP contribution in [0.2, 0.25) is 0 Å². The van der Waals surface area contributed by atoms with Gasteiger partial charge >= 0.3 is 0 Å². The maximum Gasteiger partial charge on any atom is 0.273 e. The Bertz CT molecular complexity index is 629. The smallest absolute Gasteiger partial charge is 0.273 e. The summed E-state index contributed by atoms with van der Waals surface area (Å²) in [6, 6.07) is 6.78. The van der Waals surface area contributed by atoms with Crippen molar-refractivity contribution in [3.05, 3.63) is 52.2 Å². The molecule has 1 aromatic carbocycles. The zero-order valence-corrected chi connectivity index (χ0v) is 13.2. The van der Waals surface area contributed by atoms with Gasteiger partial charge in [-0.15, -0.1) is 11.3 Å². The van der Waals surface area contributed by atoms with Gasteiger partial charge in [0.05, 0.1) is 5.51 Å². The Labute approximate surface area is 133 Å². The number of benzene rings is 1. The average Bonchev–Trinajstić information content (AvgIpc) is 3.07. The molecule has 116 valence electrons. The number of carbonyl (C=O) groups excluding carboxylic acids is 1. The molecule has 1 amide bonds. The molecule has 3 rings (SSSR count). The molecule has 1 aromatic heterocycles. The maximum atomic E-state index is 13.2. The molecule has 1 saturated heterocycles. The first-order valence-corrected chi connectivity index (χ1v) is 8.58. The summed E-state index contributed by atoms with van der Waals surface area (Å²) in [6.45, 7) is 1.60. The molecule has 2 aromatic rings. The van der Waals surface area contributed by atoms with Crippen LogP contribution in [0.25, 0.3) is 0 Å². The zero-order chi connectivity index (χ0) is 15.4. The van der Waals surface area contributed by atoms with E-state index >= 15 is 0 Å². The lowest BCUT2D eigenvalue weighted by Crippen LogP contribution is -2.40. The van der Waals surface area contributed by atoms with E-state index in [1.54, 1.807) is 23.0 Å². The van der Waals surface area contributed by atoms with E-state index < -0.39 is 0 Å². The van der Waals surface area contributed by atoms with Crippen molar-refractivity contribution in [1.82, 2.24) is 9.88 Å². The predicted molar refractivity (Wildman–Crippen MR) is 85.5 cm³/mol. The third-order valence-electron chi connectivity index (χ3n) is 4.19. The van der Waals surface area contributed by atoms with Gasteiger partial charge in [-0.05, 0) is 49.3 Å². The first-order valence-electron chi connectivity index (χ1n) is 7.64. The number of carbonyl (C=O) groups is 1. The van der Waals surface area contributed by atoms with Gasteiger partial charge in [-0.25, -0.2) is 9.37 Å². The minimum absolute atomic E-state index is 0.0386. The molecular weight excluding hydrogens is 299 g/mol. The molecule has 0 spiro atoms. The molecule has 0 saturated carbocycles. The Balaban J connectivity index is 1.55. The molecular formula is C17H19FN2OS. The van der Waals surface area contributed by atoms with Gasteiger partial charge in [0.2, 0.25) is 0 Å². The van der Waals surface area contributed by atoms with Crippen molar-refractivity contribution in [2.75, 3.05) is 13.1 Å². The Morgan fingerprint density at radius 1 is 1.45 bits per heavy atom. The highest BCUT2D eigenvalue weighted by Gasteiger charge is 2.25. The summed E-state index contributed by atoms with van der Waals surface area (Å²) >= 11 is 1.45. The molecule has 1 atom stereocenters. The SMILES string of the molecule is O=C(c1cscn1)N1CCC[C@H](CCc2cccc(F)c2)C1. The molecule has 0 aliphatic carbocycles. The third kappa shape index (κ3) is 3.71. The number of aromatic nitrogens is 1. The summed E-state index contributed by atoms with van der Waals surface area (Å²) in [5.74, 6) is 0.345. The van der Waals surface area contributed by atoms with Crippen molar-refractivity contribution in [3.63, 3.8) is 0 Å². The molecule has 22 heavy (non-hydrogen) atoms. The van der Waals surface area contributed by atoms with Crippen molar-refractivity contribution in [3.8, 4) is 0 Å². The van der Waals surface area contributed by atoms with E-state index in [4.69, 9.17) is 0 Å². The predicted octanol–water partition coefficient (Wildman–Crippen LogP) is 3.77. The number of nitrogens with zero attached hydrogens (tertiary/aromatic N) is 2. The number of amides is 1. The summed E-state index contributed by atoms with van der Waals surface area (Å²) in [7, 11) is 0. The number of piperidine rings is 1. The van der Waals surface area contributed by atoms with E-state index in [0.29, 0.717) is 11.6 Å². The van der Waals surface area contributed by atoms with Gasteiger partial charge in [0, 0.05) is 18.5 Å². The van der Waals surface area contributed by atoms with E-state index in [1.165, 1.54) is 17.4 Å². The molecule has 5 heteroatoms. The quantitative estimate of drug-likeness (QED) is 0.860. The number of rotatable bonds is 4. The molecule has 0 unspecified atom stereocenters. The standard InChI is InChI=1S/C17H19FN2OS/c18-15-5-1-3-13(9-15)6-7-14-4-2-8-20(10-14)17(21)16-11-22-12-19-16/h1,3,5,9,11-12,14H,2,4,6-8,10H2/t14-/m1/s1. The fourth-order valence-corrected chi connectivity index (χ4v) is 3.55. The summed E-state index contributed by atoms with van der Waals surface area (Å²) < 4.78 is 13.2. The van der Waals surface area contributed by atoms with Crippen molar-refractivity contribution < 1.29 is 9.18 Å². The van der Waals surface area contributed by atoms with Gasteiger partial charge in [-0.3, -0.25) is 4.79 Å². The van der Waals surface area contributed by atoms with E-state index in [0.717, 1.165) is 44.3 Å². The maximum absolute atomic E-state index is 13.2. The largest absolute Gasteiger partial charge is 0.337 e. The number of thiazole rings is 1. The van der Waals surface area contributed by atoms with Crippen LogP contribution in [0.3, 0.4) is 0 Å². The van der Waals surface area contributed by atoms with Crippen LogP contribution in [0.1, 0.15) is 35.3 Å². The van der Waals surface area contributed by atoms with Crippen molar-refractivity contribution >= 4 is 17.2 Å². The molecule has 2 heterocycles. The topological polar surface area (TPSA) is 33.2 Å². The second-order valence-electron chi connectivity index (χ2n) is 5.80. The monoisotopic (exact) mass is 318 g/mol. The Kier molecular flexibility index (Phi) is 4.83. The van der Waals surface area contributed by atoms with E-state index in [-0.39, 0.29) is 11.7 Å². The highest BCUT2D eigenvalue weighted by molar-refractivity contribution is 7.07. The zero-order valence-electron chi connectivity index (χ0n) is 12.4. The fourth-order valence-electron chi connectivity index (χ4n) is 3.03. The van der Waals surface area contributed by atoms with Crippen molar-refractivity contribution in [1.29, 1.82) is 0 Å². The van der Waals surface area contributed by atoms with Crippen LogP contribution in [-0.2, 0) is 6.42 Å². The van der Waals surface area contributed by atoms with Crippen LogP contribution in [-0.4, -0.2) is 28.9 Å². The summed E-state index contributed by atoms with van der Waals surface area (Å²) in [6.07, 6.45) is 4.02. The van der Waals surface area contributed by atoms with Gasteiger partial charge in [0.25, 0.3) is 5.91 Å². The Hall–Kier alpha value is -1.75.